The Bertz CT molecular complexity index is 495. The van der Waals surface area contributed by atoms with Gasteiger partial charge in [-0.1, -0.05) is 6.58 Å². The Morgan fingerprint density at radius 2 is 2.22 bits per heavy atom. The third-order valence-electron chi connectivity index (χ3n) is 1.59. The number of hydrogen-bond acceptors (Lipinski definition) is 5. The Hall–Kier alpha value is -2.64. The number of amides is 2. The molecule has 3 N–H and O–H groups in total. The quantitative estimate of drug-likeness (QED) is 0.551. The molecule has 0 saturated heterocycles. The van der Waals surface area contributed by atoms with Gasteiger partial charge in [-0.15, -0.1) is 0 Å². The van der Waals surface area contributed by atoms with Crippen LogP contribution in [0.15, 0.2) is 29.7 Å². The Labute approximate surface area is 103 Å². The van der Waals surface area contributed by atoms with E-state index >= 15 is 0 Å². The first-order valence-electron chi connectivity index (χ1n) is 4.71. The highest BCUT2D eigenvalue weighted by atomic mass is 16.5. The maximum Gasteiger partial charge on any atom is 0.329 e. The fraction of sp³-hybridized carbons (Fsp3) is 0.200. The monoisotopic (exact) mass is 254 g/mol. The number of anilines is 1. The van der Waals surface area contributed by atoms with Crippen LogP contribution in [0.3, 0.4) is 0 Å². The maximum atomic E-state index is 10.7. The average Bonchev–Trinajstić information content (AvgIpc) is 2.33. The molecule has 0 aliphatic heterocycles. The van der Waals surface area contributed by atoms with Gasteiger partial charge in [0.05, 0.1) is 7.11 Å². The lowest BCUT2D eigenvalue weighted by molar-refractivity contribution is -0.134. The molecule has 0 atom stereocenters. The number of nitrogens with one attached hydrogen (secondary N) is 1. The number of hydrogen-bond donors (Lipinski definition) is 2. The van der Waals surface area contributed by atoms with Crippen LogP contribution in [-0.2, 0) is 16.6 Å². The van der Waals surface area contributed by atoms with Crippen LogP contribution in [0.25, 0.3) is 0 Å². The minimum absolute atomic E-state index is 0.134. The van der Waals surface area contributed by atoms with Gasteiger partial charge in [-0.2, -0.15) is 4.98 Å². The van der Waals surface area contributed by atoms with Crippen LogP contribution < -0.4 is 16.6 Å². The molecule has 1 aromatic rings. The number of primary amides is 1. The molecular formula is C10H14N4O4. The summed E-state index contributed by atoms with van der Waals surface area (Å²) >= 11 is 0. The fourth-order valence-corrected chi connectivity index (χ4v) is 0.776. The summed E-state index contributed by atoms with van der Waals surface area (Å²) < 4.78 is 5.62. The first kappa shape index (κ1) is 15.4. The van der Waals surface area contributed by atoms with Crippen LogP contribution >= 0.6 is 0 Å². The minimum atomic E-state index is -0.747. The molecule has 18 heavy (non-hydrogen) atoms. The Morgan fingerprint density at radius 1 is 1.61 bits per heavy atom. The molecule has 0 fully saturated rings. The largest absolute Gasteiger partial charge is 0.466 e. The van der Waals surface area contributed by atoms with E-state index < -0.39 is 17.6 Å². The van der Waals surface area contributed by atoms with Crippen molar-refractivity contribution >= 4 is 17.9 Å². The Morgan fingerprint density at radius 3 is 2.61 bits per heavy atom. The van der Waals surface area contributed by atoms with Gasteiger partial charge in [-0.25, -0.2) is 9.59 Å². The van der Waals surface area contributed by atoms with Crippen molar-refractivity contribution in [2.45, 2.75) is 0 Å². The number of carbonyl (C=O) groups is 2. The molecule has 0 spiro atoms. The van der Waals surface area contributed by atoms with Gasteiger partial charge in [0.25, 0.3) is 5.56 Å². The number of esters is 1. The predicted molar refractivity (Wildman–Crippen MR) is 64.9 cm³/mol. The van der Waals surface area contributed by atoms with E-state index in [1.807, 2.05) is 0 Å². The standard InChI is InChI=1S/C6H8N4O2.C4H6O2/c1-10-3-2-4(11)8-6(10)9-5(7)12;1-3-4(5)6-2/h2-3H,1H3,(H3,7,8,9,11,12);3H,1H2,2H3. The van der Waals surface area contributed by atoms with Crippen molar-refractivity contribution in [2.24, 2.45) is 12.8 Å². The van der Waals surface area contributed by atoms with Crippen molar-refractivity contribution in [1.29, 1.82) is 0 Å². The first-order valence-corrected chi connectivity index (χ1v) is 4.71. The van der Waals surface area contributed by atoms with E-state index in [0.717, 1.165) is 6.08 Å². The van der Waals surface area contributed by atoms with Crippen LogP contribution in [0.4, 0.5) is 10.7 Å². The van der Waals surface area contributed by atoms with Gasteiger partial charge in [0, 0.05) is 25.4 Å². The first-order chi connectivity index (χ1) is 8.40. The molecule has 1 heterocycles. The second kappa shape index (κ2) is 7.60. The van der Waals surface area contributed by atoms with E-state index in [2.05, 4.69) is 21.6 Å². The third-order valence-corrected chi connectivity index (χ3v) is 1.59. The maximum absolute atomic E-state index is 10.7. The highest BCUT2D eigenvalue weighted by Crippen LogP contribution is 1.94. The van der Waals surface area contributed by atoms with Gasteiger partial charge in [-0.05, 0) is 0 Å². The molecular weight excluding hydrogens is 240 g/mol. The predicted octanol–water partition coefficient (Wildman–Crippen LogP) is -0.384. The summed E-state index contributed by atoms with van der Waals surface area (Å²) in [5, 5.41) is 2.20. The second-order valence-electron chi connectivity index (χ2n) is 2.92. The second-order valence-corrected chi connectivity index (χ2v) is 2.92. The van der Waals surface area contributed by atoms with Gasteiger partial charge in [0.2, 0.25) is 5.95 Å². The molecule has 2 amide bonds. The van der Waals surface area contributed by atoms with Crippen LogP contribution in [-0.4, -0.2) is 28.7 Å². The smallest absolute Gasteiger partial charge is 0.329 e. The fourth-order valence-electron chi connectivity index (χ4n) is 0.776. The number of aromatic nitrogens is 2. The van der Waals surface area contributed by atoms with Crippen molar-refractivity contribution in [2.75, 3.05) is 12.4 Å². The summed E-state index contributed by atoms with van der Waals surface area (Å²) in [6.07, 6.45) is 2.60. The van der Waals surface area contributed by atoms with Gasteiger partial charge in [0.1, 0.15) is 0 Å². The van der Waals surface area contributed by atoms with Crippen LogP contribution in [0.5, 0.6) is 0 Å². The van der Waals surface area contributed by atoms with E-state index in [1.54, 1.807) is 7.05 Å². The zero-order valence-electron chi connectivity index (χ0n) is 10.0. The number of nitrogens with two attached hydrogens (primary N) is 1. The minimum Gasteiger partial charge on any atom is -0.466 e. The number of urea groups is 1. The topological polar surface area (TPSA) is 116 Å². The zero-order chi connectivity index (χ0) is 14.1. The third kappa shape index (κ3) is 6.05. The molecule has 1 rings (SSSR count). The number of methoxy groups -OCH3 is 1. The van der Waals surface area contributed by atoms with Crippen molar-refractivity contribution in [3.05, 3.63) is 35.3 Å². The van der Waals surface area contributed by atoms with E-state index in [1.165, 1.54) is 23.9 Å². The van der Waals surface area contributed by atoms with Gasteiger partial charge >= 0.3 is 12.0 Å². The Kier molecular flexibility index (Phi) is 6.49. The van der Waals surface area contributed by atoms with E-state index in [0.29, 0.717) is 0 Å². The van der Waals surface area contributed by atoms with Crippen molar-refractivity contribution in [3.8, 4) is 0 Å². The van der Waals surface area contributed by atoms with E-state index in [4.69, 9.17) is 5.73 Å². The molecule has 0 aliphatic carbocycles. The van der Waals surface area contributed by atoms with Crippen molar-refractivity contribution < 1.29 is 14.3 Å². The van der Waals surface area contributed by atoms with E-state index in [9.17, 15) is 14.4 Å². The molecule has 8 nitrogen and oxygen atoms in total. The van der Waals surface area contributed by atoms with Crippen LogP contribution in [0.1, 0.15) is 0 Å². The molecule has 98 valence electrons. The summed E-state index contributed by atoms with van der Waals surface area (Å²) in [5.74, 6) is -0.259. The summed E-state index contributed by atoms with van der Waals surface area (Å²) in [6, 6.07) is 0.537. The number of rotatable bonds is 2. The van der Waals surface area contributed by atoms with Crippen LogP contribution in [0, 0.1) is 0 Å². The highest BCUT2D eigenvalue weighted by Gasteiger charge is 2.00. The Balaban J connectivity index is 0.000000411. The molecule has 0 unspecified atom stereocenters. The highest BCUT2D eigenvalue weighted by molar-refractivity contribution is 5.85. The van der Waals surface area contributed by atoms with Gasteiger partial charge < -0.3 is 15.0 Å². The van der Waals surface area contributed by atoms with E-state index in [-0.39, 0.29) is 5.95 Å². The lowest BCUT2D eigenvalue weighted by atomic mass is 10.6. The van der Waals surface area contributed by atoms with Crippen molar-refractivity contribution in [1.82, 2.24) is 9.55 Å². The van der Waals surface area contributed by atoms with Gasteiger partial charge in [0.15, 0.2) is 0 Å². The normalized spacial score (nSPS) is 8.56. The lowest BCUT2D eigenvalue weighted by Gasteiger charge is -2.04. The van der Waals surface area contributed by atoms with Gasteiger partial charge in [-0.3, -0.25) is 10.1 Å². The number of ether oxygens (including phenoxy) is 1. The molecule has 0 radical (unpaired) electrons. The summed E-state index contributed by atoms with van der Waals surface area (Å²) in [5.41, 5.74) is 4.42. The zero-order valence-corrected chi connectivity index (χ0v) is 10.0. The summed E-state index contributed by atoms with van der Waals surface area (Å²) in [7, 11) is 2.95. The lowest BCUT2D eigenvalue weighted by Crippen LogP contribution is -2.24. The average molecular weight is 254 g/mol. The number of carbonyl (C=O) groups excluding carboxylic acids is 2. The summed E-state index contributed by atoms with van der Waals surface area (Å²) in [4.78, 5) is 34.4. The SMILES string of the molecule is C=CC(=O)OC.Cn1ccc(=O)nc1NC(N)=O. The molecule has 1 aromatic heterocycles. The molecule has 0 bridgehead atoms. The molecule has 0 saturated carbocycles. The number of nitrogens with zero attached hydrogens (tertiary/aromatic N) is 2. The molecule has 8 heteroatoms. The summed E-state index contributed by atoms with van der Waals surface area (Å²) in [6.45, 7) is 3.16. The molecule has 0 aliphatic rings. The van der Waals surface area contributed by atoms with Crippen molar-refractivity contribution in [3.63, 3.8) is 0 Å². The molecule has 0 aromatic carbocycles. The van der Waals surface area contributed by atoms with Crippen LogP contribution in [0.2, 0.25) is 0 Å². The number of aryl methyl sites for hydroxylation is 1.